The van der Waals surface area contributed by atoms with Gasteiger partial charge in [0.2, 0.25) is 0 Å². The minimum Gasteiger partial charge on any atom is -0.322 e. The van der Waals surface area contributed by atoms with E-state index in [1.807, 2.05) is 4.90 Å². The fourth-order valence-electron chi connectivity index (χ4n) is 2.99. The maximum Gasteiger partial charge on any atom is 0.269 e. The SMILES string of the molecule is CC(C)(C)c1ccc([C@@H]2SCCN2C(=O)c2ccc([N+](=O)[O-])cc2)cc1. The van der Waals surface area contributed by atoms with Gasteiger partial charge in [0.15, 0.2) is 0 Å². The molecule has 0 aliphatic carbocycles. The molecule has 0 N–H and O–H groups in total. The zero-order chi connectivity index (χ0) is 18.9. The topological polar surface area (TPSA) is 63.5 Å². The van der Waals surface area contributed by atoms with E-state index in [9.17, 15) is 14.9 Å². The first-order valence-electron chi connectivity index (χ1n) is 8.55. The summed E-state index contributed by atoms with van der Waals surface area (Å²) in [7, 11) is 0. The molecule has 1 saturated heterocycles. The highest BCUT2D eigenvalue weighted by Crippen LogP contribution is 2.39. The normalized spacial score (nSPS) is 17.3. The number of nitro benzene ring substituents is 1. The molecule has 0 spiro atoms. The fourth-order valence-corrected chi connectivity index (χ4v) is 4.25. The third kappa shape index (κ3) is 3.75. The summed E-state index contributed by atoms with van der Waals surface area (Å²) in [6.45, 7) is 7.20. The third-order valence-electron chi connectivity index (χ3n) is 4.54. The molecular formula is C20H22N2O3S. The van der Waals surface area contributed by atoms with Gasteiger partial charge in [-0.15, -0.1) is 11.8 Å². The molecule has 2 aromatic carbocycles. The molecule has 0 unspecified atom stereocenters. The van der Waals surface area contributed by atoms with Crippen LogP contribution in [-0.2, 0) is 5.41 Å². The van der Waals surface area contributed by atoms with Crippen LogP contribution in [0.2, 0.25) is 0 Å². The van der Waals surface area contributed by atoms with Crippen LogP contribution in [0.15, 0.2) is 48.5 Å². The van der Waals surface area contributed by atoms with Gasteiger partial charge in [-0.3, -0.25) is 14.9 Å². The molecular weight excluding hydrogens is 348 g/mol. The van der Waals surface area contributed by atoms with Gasteiger partial charge in [-0.25, -0.2) is 0 Å². The van der Waals surface area contributed by atoms with Crippen molar-refractivity contribution in [3.63, 3.8) is 0 Å². The number of carbonyl (C=O) groups is 1. The Balaban J connectivity index is 1.81. The van der Waals surface area contributed by atoms with E-state index in [2.05, 4.69) is 45.0 Å². The molecule has 0 saturated carbocycles. The van der Waals surface area contributed by atoms with Crippen LogP contribution in [0.5, 0.6) is 0 Å². The van der Waals surface area contributed by atoms with Gasteiger partial charge in [0, 0.05) is 30.0 Å². The van der Waals surface area contributed by atoms with Gasteiger partial charge in [0.1, 0.15) is 5.37 Å². The van der Waals surface area contributed by atoms with Crippen molar-refractivity contribution in [3.8, 4) is 0 Å². The van der Waals surface area contributed by atoms with Crippen LogP contribution < -0.4 is 0 Å². The van der Waals surface area contributed by atoms with Gasteiger partial charge < -0.3 is 4.90 Å². The van der Waals surface area contributed by atoms with Gasteiger partial charge >= 0.3 is 0 Å². The van der Waals surface area contributed by atoms with Crippen molar-refractivity contribution in [2.75, 3.05) is 12.3 Å². The Morgan fingerprint density at radius 2 is 1.73 bits per heavy atom. The second-order valence-corrected chi connectivity index (χ2v) is 8.59. The molecule has 1 fully saturated rings. The van der Waals surface area contributed by atoms with Crippen molar-refractivity contribution in [2.45, 2.75) is 31.6 Å². The Kier molecular flexibility index (Phi) is 5.05. The zero-order valence-corrected chi connectivity index (χ0v) is 16.0. The van der Waals surface area contributed by atoms with Crippen LogP contribution in [-0.4, -0.2) is 28.0 Å². The molecule has 3 rings (SSSR count). The number of thioether (sulfide) groups is 1. The summed E-state index contributed by atoms with van der Waals surface area (Å²) >= 11 is 1.74. The van der Waals surface area contributed by atoms with Crippen molar-refractivity contribution in [1.82, 2.24) is 4.90 Å². The van der Waals surface area contributed by atoms with E-state index in [-0.39, 0.29) is 22.4 Å². The third-order valence-corrected chi connectivity index (χ3v) is 5.80. The quantitative estimate of drug-likeness (QED) is 0.576. The number of nitrogens with zero attached hydrogens (tertiary/aromatic N) is 2. The highest BCUT2D eigenvalue weighted by molar-refractivity contribution is 7.99. The minimum atomic E-state index is -0.459. The minimum absolute atomic E-state index is 0.00772. The van der Waals surface area contributed by atoms with Crippen LogP contribution in [0, 0.1) is 10.1 Å². The van der Waals surface area contributed by atoms with E-state index in [1.54, 1.807) is 11.8 Å². The number of carbonyl (C=O) groups excluding carboxylic acids is 1. The summed E-state index contributed by atoms with van der Waals surface area (Å²) in [5.41, 5.74) is 2.93. The predicted octanol–water partition coefficient (Wildman–Crippen LogP) is 4.78. The lowest BCUT2D eigenvalue weighted by atomic mass is 9.86. The fraction of sp³-hybridized carbons (Fsp3) is 0.350. The molecule has 1 aliphatic rings. The number of rotatable bonds is 3. The highest BCUT2D eigenvalue weighted by Gasteiger charge is 2.31. The zero-order valence-electron chi connectivity index (χ0n) is 15.1. The Morgan fingerprint density at radius 3 is 2.27 bits per heavy atom. The summed E-state index contributed by atoms with van der Waals surface area (Å²) in [6.07, 6.45) is 0. The number of hydrogen-bond acceptors (Lipinski definition) is 4. The first kappa shape index (κ1) is 18.5. The first-order valence-corrected chi connectivity index (χ1v) is 9.60. The highest BCUT2D eigenvalue weighted by atomic mass is 32.2. The van der Waals surface area contributed by atoms with Gasteiger partial charge in [-0.2, -0.15) is 0 Å². The standard InChI is InChI=1S/C20H22N2O3S/c1-20(2,3)16-8-4-15(5-9-16)19-21(12-13-26-19)18(23)14-6-10-17(11-7-14)22(24)25/h4-11,19H,12-13H2,1-3H3/t19-/m0/s1. The summed E-state index contributed by atoms with van der Waals surface area (Å²) in [5.74, 6) is 0.791. The van der Waals surface area contributed by atoms with Crippen LogP contribution in [0.4, 0.5) is 5.69 Å². The van der Waals surface area contributed by atoms with Gasteiger partial charge in [-0.1, -0.05) is 45.0 Å². The second kappa shape index (κ2) is 7.11. The molecule has 0 radical (unpaired) electrons. The molecule has 2 aromatic rings. The number of amides is 1. The van der Waals surface area contributed by atoms with E-state index >= 15 is 0 Å². The average Bonchev–Trinajstić information content (AvgIpc) is 3.10. The van der Waals surface area contributed by atoms with Crippen molar-refractivity contribution in [3.05, 3.63) is 75.3 Å². The maximum atomic E-state index is 12.9. The predicted molar refractivity (Wildman–Crippen MR) is 104 cm³/mol. The Morgan fingerprint density at radius 1 is 1.12 bits per heavy atom. The lowest BCUT2D eigenvalue weighted by molar-refractivity contribution is -0.384. The summed E-state index contributed by atoms with van der Waals surface area (Å²) in [6, 6.07) is 14.3. The van der Waals surface area contributed by atoms with Gasteiger partial charge in [0.05, 0.1) is 4.92 Å². The molecule has 5 nitrogen and oxygen atoms in total. The van der Waals surface area contributed by atoms with Crippen LogP contribution in [0.3, 0.4) is 0 Å². The molecule has 1 amide bonds. The Labute approximate surface area is 157 Å². The molecule has 136 valence electrons. The molecule has 1 aliphatic heterocycles. The van der Waals surface area contributed by atoms with Crippen molar-refractivity contribution in [2.24, 2.45) is 0 Å². The molecule has 0 bridgehead atoms. The monoisotopic (exact) mass is 370 g/mol. The summed E-state index contributed by atoms with van der Waals surface area (Å²) in [5, 5.41) is 10.8. The molecule has 0 aromatic heterocycles. The van der Waals surface area contributed by atoms with E-state index in [0.717, 1.165) is 11.3 Å². The van der Waals surface area contributed by atoms with Crippen molar-refractivity contribution < 1.29 is 9.72 Å². The van der Waals surface area contributed by atoms with E-state index in [1.165, 1.54) is 29.8 Å². The molecule has 1 atom stereocenters. The van der Waals surface area contributed by atoms with E-state index in [4.69, 9.17) is 0 Å². The molecule has 1 heterocycles. The lowest BCUT2D eigenvalue weighted by Gasteiger charge is -2.25. The van der Waals surface area contributed by atoms with Crippen LogP contribution in [0.1, 0.15) is 47.6 Å². The number of hydrogen-bond donors (Lipinski definition) is 0. The molecule has 26 heavy (non-hydrogen) atoms. The van der Waals surface area contributed by atoms with Crippen LogP contribution in [0.25, 0.3) is 0 Å². The second-order valence-electron chi connectivity index (χ2n) is 7.40. The van der Waals surface area contributed by atoms with Gasteiger partial charge in [-0.05, 0) is 28.7 Å². The van der Waals surface area contributed by atoms with Crippen molar-refractivity contribution in [1.29, 1.82) is 0 Å². The smallest absolute Gasteiger partial charge is 0.269 e. The first-order chi connectivity index (χ1) is 12.3. The number of benzene rings is 2. The average molecular weight is 370 g/mol. The largest absolute Gasteiger partial charge is 0.322 e. The van der Waals surface area contributed by atoms with E-state index in [0.29, 0.717) is 12.1 Å². The number of nitro groups is 1. The van der Waals surface area contributed by atoms with E-state index < -0.39 is 4.92 Å². The number of non-ortho nitro benzene ring substituents is 1. The Bertz CT molecular complexity index is 810. The Hall–Kier alpha value is -2.34. The summed E-state index contributed by atoms with van der Waals surface area (Å²) in [4.78, 5) is 25.0. The molecule has 6 heteroatoms. The summed E-state index contributed by atoms with van der Waals surface area (Å²) < 4.78 is 0. The van der Waals surface area contributed by atoms with Crippen molar-refractivity contribution >= 4 is 23.4 Å². The maximum absolute atomic E-state index is 12.9. The lowest BCUT2D eigenvalue weighted by Crippen LogP contribution is -2.30. The van der Waals surface area contributed by atoms with Crippen LogP contribution >= 0.6 is 11.8 Å². The van der Waals surface area contributed by atoms with Gasteiger partial charge in [0.25, 0.3) is 11.6 Å².